The Bertz CT molecular complexity index is 520. The van der Waals surface area contributed by atoms with Gasteiger partial charge in [-0.3, -0.25) is 4.18 Å². The van der Waals surface area contributed by atoms with E-state index in [1.807, 2.05) is 0 Å². The smallest absolute Gasteiger partial charge is 0.335 e. The molecule has 0 spiro atoms. The van der Waals surface area contributed by atoms with Gasteiger partial charge in [0.25, 0.3) is 10.1 Å². The summed E-state index contributed by atoms with van der Waals surface area (Å²) in [5.74, 6) is -0.790. The maximum absolute atomic E-state index is 10.8. The van der Waals surface area contributed by atoms with Crippen molar-refractivity contribution in [2.24, 2.45) is 0 Å². The first kappa shape index (κ1) is 13.5. The summed E-state index contributed by atoms with van der Waals surface area (Å²) in [4.78, 5) is 10.8. The summed E-state index contributed by atoms with van der Waals surface area (Å²) in [7, 11) is -2.17. The van der Waals surface area contributed by atoms with Crippen LogP contribution in [0.15, 0.2) is 18.2 Å². The van der Waals surface area contributed by atoms with Crippen LogP contribution in [-0.2, 0) is 20.9 Å². The second-order valence-electron chi connectivity index (χ2n) is 3.34. The highest BCUT2D eigenvalue weighted by Crippen LogP contribution is 2.18. The van der Waals surface area contributed by atoms with Crippen molar-refractivity contribution in [2.75, 3.05) is 13.4 Å². The molecule has 7 heteroatoms. The fraction of sp³-hybridized carbons (Fsp3) is 0.300. The lowest BCUT2D eigenvalue weighted by Gasteiger charge is -2.06. The molecule has 0 saturated heterocycles. The van der Waals surface area contributed by atoms with Crippen LogP contribution in [-0.4, -0.2) is 32.9 Å². The molecule has 0 radical (unpaired) electrons. The molecule has 0 amide bonds. The SMILES string of the molecule is COc1cc(COS(C)(=O)=O)cc(C(=O)O)c1. The lowest BCUT2D eigenvalue weighted by Crippen LogP contribution is -2.04. The van der Waals surface area contributed by atoms with Gasteiger partial charge in [0, 0.05) is 0 Å². The third-order valence-electron chi connectivity index (χ3n) is 1.89. The Kier molecular flexibility index (Phi) is 4.08. The number of benzene rings is 1. The Morgan fingerprint density at radius 1 is 1.35 bits per heavy atom. The second kappa shape index (κ2) is 5.15. The van der Waals surface area contributed by atoms with Crippen molar-refractivity contribution in [3.8, 4) is 5.75 Å². The zero-order chi connectivity index (χ0) is 13.1. The van der Waals surface area contributed by atoms with E-state index in [9.17, 15) is 13.2 Å². The summed E-state index contributed by atoms with van der Waals surface area (Å²) in [6.45, 7) is -0.226. The Balaban J connectivity index is 2.99. The number of rotatable bonds is 5. The van der Waals surface area contributed by atoms with E-state index in [4.69, 9.17) is 9.84 Å². The quantitative estimate of drug-likeness (QED) is 0.790. The Labute approximate surface area is 98.9 Å². The molecule has 0 aliphatic carbocycles. The van der Waals surface area contributed by atoms with Crippen LogP contribution in [0.1, 0.15) is 15.9 Å². The molecule has 1 aromatic rings. The van der Waals surface area contributed by atoms with Crippen molar-refractivity contribution in [3.05, 3.63) is 29.3 Å². The average Bonchev–Trinajstić information content (AvgIpc) is 2.25. The Morgan fingerprint density at radius 3 is 2.47 bits per heavy atom. The monoisotopic (exact) mass is 260 g/mol. The predicted octanol–water partition coefficient (Wildman–Crippen LogP) is 0.870. The van der Waals surface area contributed by atoms with E-state index in [1.54, 1.807) is 0 Å². The first-order valence-corrected chi connectivity index (χ1v) is 6.39. The predicted molar refractivity (Wildman–Crippen MR) is 59.6 cm³/mol. The standard InChI is InChI=1S/C10H12O6S/c1-15-9-4-7(6-16-17(2,13)14)3-8(5-9)10(11)12/h3-5H,6H2,1-2H3,(H,11,12). The van der Waals surface area contributed by atoms with Gasteiger partial charge in [-0.05, 0) is 23.8 Å². The zero-order valence-electron chi connectivity index (χ0n) is 9.34. The van der Waals surface area contributed by atoms with Crippen LogP contribution in [0.4, 0.5) is 0 Å². The second-order valence-corrected chi connectivity index (χ2v) is 4.99. The van der Waals surface area contributed by atoms with Gasteiger partial charge in [-0.25, -0.2) is 4.79 Å². The normalized spacial score (nSPS) is 11.2. The third-order valence-corrected chi connectivity index (χ3v) is 2.43. The molecule has 0 heterocycles. The summed E-state index contributed by atoms with van der Waals surface area (Å²) in [5.41, 5.74) is 0.420. The highest BCUT2D eigenvalue weighted by Gasteiger charge is 2.09. The Morgan fingerprint density at radius 2 is 2.00 bits per heavy atom. The van der Waals surface area contributed by atoms with Crippen molar-refractivity contribution < 1.29 is 27.2 Å². The van der Waals surface area contributed by atoms with Crippen LogP contribution >= 0.6 is 0 Å². The van der Waals surface area contributed by atoms with Crippen molar-refractivity contribution in [1.82, 2.24) is 0 Å². The fourth-order valence-electron chi connectivity index (χ4n) is 1.16. The van der Waals surface area contributed by atoms with Crippen LogP contribution in [0.2, 0.25) is 0 Å². The largest absolute Gasteiger partial charge is 0.497 e. The van der Waals surface area contributed by atoms with Gasteiger partial charge in [-0.1, -0.05) is 0 Å². The lowest BCUT2D eigenvalue weighted by molar-refractivity contribution is 0.0696. The highest BCUT2D eigenvalue weighted by atomic mass is 32.2. The fourth-order valence-corrected chi connectivity index (χ4v) is 1.51. The molecule has 1 rings (SSSR count). The first-order valence-electron chi connectivity index (χ1n) is 4.57. The number of carbonyl (C=O) groups is 1. The van der Waals surface area contributed by atoms with Crippen molar-refractivity contribution in [3.63, 3.8) is 0 Å². The van der Waals surface area contributed by atoms with E-state index in [0.717, 1.165) is 6.26 Å². The number of methoxy groups -OCH3 is 1. The minimum absolute atomic E-state index is 0.0106. The maximum Gasteiger partial charge on any atom is 0.335 e. The number of carboxylic acid groups (broad SMARTS) is 1. The van der Waals surface area contributed by atoms with Gasteiger partial charge in [-0.15, -0.1) is 0 Å². The lowest BCUT2D eigenvalue weighted by atomic mass is 10.1. The average molecular weight is 260 g/mol. The number of carboxylic acids is 1. The van der Waals surface area contributed by atoms with Crippen LogP contribution < -0.4 is 4.74 Å². The first-order chi connectivity index (χ1) is 7.81. The molecule has 0 aliphatic rings. The molecule has 0 aromatic heterocycles. The molecule has 0 atom stereocenters. The number of hydrogen-bond acceptors (Lipinski definition) is 5. The third kappa shape index (κ3) is 4.41. The molecule has 0 fully saturated rings. The van der Waals surface area contributed by atoms with E-state index in [1.165, 1.54) is 25.3 Å². The topological polar surface area (TPSA) is 89.9 Å². The van der Waals surface area contributed by atoms with E-state index < -0.39 is 16.1 Å². The highest BCUT2D eigenvalue weighted by molar-refractivity contribution is 7.85. The molecule has 0 bridgehead atoms. The number of aromatic carboxylic acids is 1. The van der Waals surface area contributed by atoms with Gasteiger partial charge in [0.05, 0.1) is 25.5 Å². The van der Waals surface area contributed by atoms with E-state index in [-0.39, 0.29) is 12.2 Å². The zero-order valence-corrected chi connectivity index (χ0v) is 10.2. The van der Waals surface area contributed by atoms with Gasteiger partial charge in [-0.2, -0.15) is 8.42 Å². The molecule has 1 N–H and O–H groups in total. The van der Waals surface area contributed by atoms with Gasteiger partial charge in [0.15, 0.2) is 0 Å². The minimum Gasteiger partial charge on any atom is -0.497 e. The summed E-state index contributed by atoms with van der Waals surface area (Å²) in [6.07, 6.45) is 0.922. The number of ether oxygens (including phenoxy) is 1. The molecular formula is C10H12O6S. The van der Waals surface area contributed by atoms with Crippen LogP contribution in [0.5, 0.6) is 5.75 Å². The molecule has 17 heavy (non-hydrogen) atoms. The molecule has 94 valence electrons. The summed E-state index contributed by atoms with van der Waals surface area (Å²) < 4.78 is 31.1. The van der Waals surface area contributed by atoms with E-state index >= 15 is 0 Å². The van der Waals surface area contributed by atoms with Crippen molar-refractivity contribution in [1.29, 1.82) is 0 Å². The van der Waals surface area contributed by atoms with Gasteiger partial charge in [0.2, 0.25) is 0 Å². The molecule has 1 aromatic carbocycles. The van der Waals surface area contributed by atoms with Crippen LogP contribution in [0.3, 0.4) is 0 Å². The van der Waals surface area contributed by atoms with Crippen LogP contribution in [0.25, 0.3) is 0 Å². The van der Waals surface area contributed by atoms with Crippen molar-refractivity contribution >= 4 is 16.1 Å². The van der Waals surface area contributed by atoms with Gasteiger partial charge in [0.1, 0.15) is 5.75 Å². The maximum atomic E-state index is 10.8. The van der Waals surface area contributed by atoms with Crippen LogP contribution in [0, 0.1) is 0 Å². The van der Waals surface area contributed by atoms with Gasteiger partial charge < -0.3 is 9.84 Å². The summed E-state index contributed by atoms with van der Waals surface area (Å²) >= 11 is 0. The van der Waals surface area contributed by atoms with Gasteiger partial charge >= 0.3 is 5.97 Å². The molecule has 6 nitrogen and oxygen atoms in total. The molecule has 0 saturated carbocycles. The number of hydrogen-bond donors (Lipinski definition) is 1. The van der Waals surface area contributed by atoms with Crippen molar-refractivity contribution in [2.45, 2.75) is 6.61 Å². The van der Waals surface area contributed by atoms with E-state index in [0.29, 0.717) is 11.3 Å². The molecule has 0 unspecified atom stereocenters. The molecular weight excluding hydrogens is 248 g/mol. The molecule has 0 aliphatic heterocycles. The summed E-state index contributed by atoms with van der Waals surface area (Å²) in [6, 6.07) is 4.18. The minimum atomic E-state index is -3.56. The van der Waals surface area contributed by atoms with E-state index in [2.05, 4.69) is 4.18 Å². The Hall–Kier alpha value is -1.60. The summed E-state index contributed by atoms with van der Waals surface area (Å²) in [5, 5.41) is 8.84.